The lowest BCUT2D eigenvalue weighted by molar-refractivity contribution is -0.113. The van der Waals surface area contributed by atoms with Gasteiger partial charge in [-0.05, 0) is 86.1 Å². The predicted molar refractivity (Wildman–Crippen MR) is 173 cm³/mol. The zero-order valence-corrected chi connectivity index (χ0v) is 26.2. The van der Waals surface area contributed by atoms with Gasteiger partial charge in [-0.25, -0.2) is 18.1 Å². The second-order valence-corrected chi connectivity index (χ2v) is 13.8. The van der Waals surface area contributed by atoms with Crippen LogP contribution in [0.25, 0.3) is 0 Å². The van der Waals surface area contributed by atoms with Crippen LogP contribution < -0.4 is 19.4 Å². The fourth-order valence-corrected chi connectivity index (χ4v) is 7.57. The molecule has 2 aliphatic rings. The molecule has 5 rings (SSSR count). The number of amidine groups is 1. The van der Waals surface area contributed by atoms with Crippen molar-refractivity contribution in [1.82, 2.24) is 4.72 Å². The van der Waals surface area contributed by atoms with Gasteiger partial charge in [-0.3, -0.25) is 9.69 Å². The van der Waals surface area contributed by atoms with Crippen LogP contribution in [0.2, 0.25) is 0 Å². The van der Waals surface area contributed by atoms with Gasteiger partial charge in [0.05, 0.1) is 28.3 Å². The van der Waals surface area contributed by atoms with Crippen LogP contribution in [-0.4, -0.2) is 52.4 Å². The maximum absolute atomic E-state index is 14.0. The van der Waals surface area contributed by atoms with Crippen molar-refractivity contribution in [2.45, 2.75) is 25.7 Å². The smallest absolute Gasteiger partial charge is 0.274 e. The number of fused-ring (bicyclic) bond motifs is 1. The number of benzene rings is 3. The average molecular weight is 608 g/mol. The Labute approximate surface area is 250 Å². The third kappa shape index (κ3) is 6.33. The molecule has 11 heteroatoms. The SMILES string of the molecule is CCN(CCNS(C)(=O)=O)c1ccc(N=C2S/C(=C3\Sc4ccccc4N3C)C(=O)N2c2cccc(C)c2)c(C)c1. The number of rotatable bonds is 8. The molecule has 2 aliphatic heterocycles. The molecular formula is C30H33N5O3S3. The Kier molecular flexibility index (Phi) is 8.51. The number of sulfonamides is 1. The summed E-state index contributed by atoms with van der Waals surface area (Å²) in [6.07, 6.45) is 1.16. The molecule has 0 radical (unpaired) electrons. The highest BCUT2D eigenvalue weighted by molar-refractivity contribution is 8.20. The number of thioether (sulfide) groups is 2. The summed E-state index contributed by atoms with van der Waals surface area (Å²) in [6, 6.07) is 22.1. The van der Waals surface area contributed by atoms with Crippen molar-refractivity contribution < 1.29 is 13.2 Å². The van der Waals surface area contributed by atoms with E-state index in [1.165, 1.54) is 11.8 Å². The molecule has 0 spiro atoms. The van der Waals surface area contributed by atoms with E-state index in [4.69, 9.17) is 4.99 Å². The van der Waals surface area contributed by atoms with Gasteiger partial charge in [0.25, 0.3) is 5.91 Å². The molecular weight excluding hydrogens is 575 g/mol. The Morgan fingerprint density at radius 2 is 1.78 bits per heavy atom. The first-order valence-electron chi connectivity index (χ1n) is 13.3. The van der Waals surface area contributed by atoms with E-state index in [1.807, 2.05) is 76.3 Å². The molecule has 3 aromatic rings. The summed E-state index contributed by atoms with van der Waals surface area (Å²) >= 11 is 3.01. The van der Waals surface area contributed by atoms with Crippen molar-refractivity contribution in [2.75, 3.05) is 47.6 Å². The molecule has 1 saturated heterocycles. The molecule has 0 unspecified atom stereocenters. The van der Waals surface area contributed by atoms with Crippen molar-refractivity contribution in [3.8, 4) is 0 Å². The number of carbonyl (C=O) groups is 1. The van der Waals surface area contributed by atoms with E-state index in [1.54, 1.807) is 16.7 Å². The number of aliphatic imine (C=N–C) groups is 1. The van der Waals surface area contributed by atoms with Gasteiger partial charge in [-0.2, -0.15) is 0 Å². The van der Waals surface area contributed by atoms with Crippen molar-refractivity contribution in [3.05, 3.63) is 87.8 Å². The summed E-state index contributed by atoms with van der Waals surface area (Å²) in [7, 11) is -1.25. The highest BCUT2D eigenvalue weighted by Crippen LogP contribution is 2.50. The molecule has 0 saturated carbocycles. The van der Waals surface area contributed by atoms with Crippen LogP contribution in [0.1, 0.15) is 18.1 Å². The van der Waals surface area contributed by atoms with E-state index in [-0.39, 0.29) is 5.91 Å². The maximum atomic E-state index is 14.0. The number of nitrogens with zero attached hydrogens (tertiary/aromatic N) is 4. The number of para-hydroxylation sites is 1. The normalized spacial score (nSPS) is 18.0. The zero-order valence-electron chi connectivity index (χ0n) is 23.7. The Morgan fingerprint density at radius 1 is 1.00 bits per heavy atom. The van der Waals surface area contributed by atoms with Gasteiger partial charge in [-0.1, -0.05) is 36.0 Å². The lowest BCUT2D eigenvalue weighted by atomic mass is 10.1. The summed E-state index contributed by atoms with van der Waals surface area (Å²) in [5.74, 6) is -0.0914. The van der Waals surface area contributed by atoms with Crippen LogP contribution in [0.15, 0.2) is 86.6 Å². The molecule has 8 nitrogen and oxygen atoms in total. The number of hydrogen-bond acceptors (Lipinski definition) is 8. The van der Waals surface area contributed by atoms with Crippen LogP contribution >= 0.6 is 23.5 Å². The van der Waals surface area contributed by atoms with Gasteiger partial charge in [0.15, 0.2) is 5.17 Å². The molecule has 0 aromatic heterocycles. The van der Waals surface area contributed by atoms with E-state index in [2.05, 4.69) is 32.7 Å². The quantitative estimate of drug-likeness (QED) is 0.321. The Balaban J connectivity index is 1.49. The van der Waals surface area contributed by atoms with Gasteiger partial charge >= 0.3 is 0 Å². The van der Waals surface area contributed by atoms with Gasteiger partial charge in [0.2, 0.25) is 10.0 Å². The van der Waals surface area contributed by atoms with Gasteiger partial charge in [0.1, 0.15) is 4.91 Å². The third-order valence-electron chi connectivity index (χ3n) is 6.86. The van der Waals surface area contributed by atoms with E-state index in [0.717, 1.165) is 56.6 Å². The van der Waals surface area contributed by atoms with Crippen LogP contribution in [0.4, 0.5) is 22.7 Å². The van der Waals surface area contributed by atoms with E-state index in [9.17, 15) is 13.2 Å². The van der Waals surface area contributed by atoms with E-state index >= 15 is 0 Å². The van der Waals surface area contributed by atoms with Gasteiger partial charge < -0.3 is 9.80 Å². The second kappa shape index (κ2) is 11.9. The monoisotopic (exact) mass is 607 g/mol. The largest absolute Gasteiger partial charge is 0.370 e. The summed E-state index contributed by atoms with van der Waals surface area (Å²) in [5.41, 5.74) is 5.64. The molecule has 1 amide bonds. The minimum Gasteiger partial charge on any atom is -0.370 e. The first-order chi connectivity index (χ1) is 19.6. The third-order valence-corrected chi connectivity index (χ3v) is 9.99. The van der Waals surface area contributed by atoms with Crippen molar-refractivity contribution in [3.63, 3.8) is 0 Å². The number of nitrogens with one attached hydrogen (secondary N) is 1. The molecule has 1 fully saturated rings. The molecule has 3 aromatic carbocycles. The average Bonchev–Trinajstić information content (AvgIpc) is 3.43. The highest BCUT2D eigenvalue weighted by Gasteiger charge is 2.40. The lowest BCUT2D eigenvalue weighted by Crippen LogP contribution is -2.34. The predicted octanol–water partition coefficient (Wildman–Crippen LogP) is 5.86. The van der Waals surface area contributed by atoms with Crippen molar-refractivity contribution in [2.24, 2.45) is 4.99 Å². The first-order valence-corrected chi connectivity index (χ1v) is 16.8. The summed E-state index contributed by atoms with van der Waals surface area (Å²) < 4.78 is 25.5. The van der Waals surface area contributed by atoms with E-state index in [0.29, 0.717) is 23.2 Å². The Morgan fingerprint density at radius 3 is 2.46 bits per heavy atom. The summed E-state index contributed by atoms with van der Waals surface area (Å²) in [6.45, 7) is 7.66. The fraction of sp³-hybridized carbons (Fsp3) is 0.267. The van der Waals surface area contributed by atoms with Gasteiger partial charge in [0, 0.05) is 37.3 Å². The number of anilines is 3. The molecule has 0 atom stereocenters. The minimum absolute atomic E-state index is 0.0914. The minimum atomic E-state index is -3.24. The summed E-state index contributed by atoms with van der Waals surface area (Å²) in [4.78, 5) is 26.7. The number of carbonyl (C=O) groups excluding carboxylic acids is 1. The van der Waals surface area contributed by atoms with Crippen LogP contribution in [-0.2, 0) is 14.8 Å². The van der Waals surface area contributed by atoms with Crippen LogP contribution in [0.3, 0.4) is 0 Å². The topological polar surface area (TPSA) is 85.3 Å². The molecule has 214 valence electrons. The van der Waals surface area contributed by atoms with Crippen molar-refractivity contribution in [1.29, 1.82) is 0 Å². The first kappa shape index (κ1) is 29.2. The second-order valence-electron chi connectivity index (χ2n) is 9.96. The van der Waals surface area contributed by atoms with Gasteiger partial charge in [-0.15, -0.1) is 0 Å². The molecule has 0 bridgehead atoms. The number of aryl methyl sites for hydroxylation is 2. The van der Waals surface area contributed by atoms with Crippen LogP contribution in [0, 0.1) is 13.8 Å². The number of hydrogen-bond donors (Lipinski definition) is 1. The number of likely N-dealkylation sites (N-methyl/N-ethyl adjacent to an activating group) is 1. The molecule has 0 aliphatic carbocycles. The maximum Gasteiger partial charge on any atom is 0.274 e. The highest BCUT2D eigenvalue weighted by atomic mass is 32.2. The fourth-order valence-electron chi connectivity index (χ4n) is 4.77. The molecule has 1 N–H and O–H groups in total. The van der Waals surface area contributed by atoms with Crippen molar-refractivity contribution >= 4 is 67.4 Å². The number of amides is 1. The van der Waals surface area contributed by atoms with E-state index < -0.39 is 10.0 Å². The zero-order chi connectivity index (χ0) is 29.3. The molecule has 2 heterocycles. The summed E-state index contributed by atoms with van der Waals surface area (Å²) in [5, 5.41) is 1.51. The standard InChI is InChI=1S/C30H33N5O3S3/c1-6-34(17-16-31-41(5,37)38)22-14-15-24(21(3)19-22)32-30-35(23-11-9-10-20(2)18-23)28(36)27(40-30)29-33(4)25-12-7-8-13-26(25)39-29/h7-15,18-19,31H,6,16-17H2,1-5H3/b29-27-,32-30?. The lowest BCUT2D eigenvalue weighted by Gasteiger charge is -2.24. The van der Waals surface area contributed by atoms with Crippen LogP contribution in [0.5, 0.6) is 0 Å². The molecule has 41 heavy (non-hydrogen) atoms. The Bertz CT molecular complexity index is 1670. The Hall–Kier alpha value is -3.25.